The summed E-state index contributed by atoms with van der Waals surface area (Å²) in [5.41, 5.74) is -1.07. The Kier molecular flexibility index (Phi) is 4.93. The Hall–Kier alpha value is -2.09. The third-order valence-corrected chi connectivity index (χ3v) is 3.66. The number of hydrogen-bond donors (Lipinski definition) is 1. The molecule has 0 spiro atoms. The van der Waals surface area contributed by atoms with Crippen molar-refractivity contribution in [3.8, 4) is 0 Å². The minimum Gasteiger partial charge on any atom is -0.395 e. The lowest BCUT2D eigenvalue weighted by Gasteiger charge is -2.21. The number of carbonyl (C=O) groups is 2. The minimum absolute atomic E-state index is 0.00700. The molecule has 0 radical (unpaired) electrons. The van der Waals surface area contributed by atoms with Crippen molar-refractivity contribution in [3.63, 3.8) is 0 Å². The molecule has 1 aliphatic rings. The van der Waals surface area contributed by atoms with Gasteiger partial charge in [-0.2, -0.15) is 13.2 Å². The van der Waals surface area contributed by atoms with Crippen LogP contribution in [0.4, 0.5) is 18.9 Å². The standard InChI is InChI=1S/C15H17F3N2O3/c1-19(5-6-21)14(23)10-7-11(15(16,17)18)9-12(8-10)20-4-2-3-13(20)22/h7-9,21H,2-6H2,1H3. The molecule has 2 rings (SSSR count). The number of benzene rings is 1. The summed E-state index contributed by atoms with van der Waals surface area (Å²) in [4.78, 5) is 26.4. The van der Waals surface area contributed by atoms with Gasteiger partial charge < -0.3 is 14.9 Å². The van der Waals surface area contributed by atoms with Crippen LogP contribution in [0.2, 0.25) is 0 Å². The van der Waals surface area contributed by atoms with Crippen LogP contribution in [-0.4, -0.2) is 48.6 Å². The molecule has 0 bridgehead atoms. The average Bonchev–Trinajstić information content (AvgIpc) is 2.91. The molecule has 5 nitrogen and oxygen atoms in total. The molecule has 1 saturated heterocycles. The summed E-state index contributed by atoms with van der Waals surface area (Å²) in [6.07, 6.45) is -3.77. The monoisotopic (exact) mass is 330 g/mol. The first kappa shape index (κ1) is 17.3. The van der Waals surface area contributed by atoms with E-state index in [0.29, 0.717) is 13.0 Å². The van der Waals surface area contributed by atoms with Gasteiger partial charge in [0.2, 0.25) is 5.91 Å². The van der Waals surface area contributed by atoms with E-state index in [1.54, 1.807) is 0 Å². The Morgan fingerprint density at radius 3 is 2.57 bits per heavy atom. The number of aliphatic hydroxyl groups excluding tert-OH is 1. The maximum Gasteiger partial charge on any atom is 0.416 e. The van der Waals surface area contributed by atoms with Gasteiger partial charge in [-0.05, 0) is 24.6 Å². The highest BCUT2D eigenvalue weighted by Crippen LogP contribution is 2.34. The Morgan fingerprint density at radius 2 is 2.04 bits per heavy atom. The maximum absolute atomic E-state index is 13.1. The molecule has 1 heterocycles. The predicted molar refractivity (Wildman–Crippen MR) is 77.1 cm³/mol. The number of amides is 2. The van der Waals surface area contributed by atoms with Gasteiger partial charge in [0, 0.05) is 37.8 Å². The molecule has 1 aromatic carbocycles. The zero-order valence-electron chi connectivity index (χ0n) is 12.6. The summed E-state index contributed by atoms with van der Waals surface area (Å²) < 4.78 is 39.2. The Bertz CT molecular complexity index is 616. The smallest absolute Gasteiger partial charge is 0.395 e. The van der Waals surface area contributed by atoms with E-state index >= 15 is 0 Å². The van der Waals surface area contributed by atoms with Crippen LogP contribution >= 0.6 is 0 Å². The molecule has 8 heteroatoms. The zero-order valence-corrected chi connectivity index (χ0v) is 12.6. The van der Waals surface area contributed by atoms with Crippen LogP contribution in [0.25, 0.3) is 0 Å². The van der Waals surface area contributed by atoms with Gasteiger partial charge in [0.15, 0.2) is 0 Å². The van der Waals surface area contributed by atoms with Crippen LogP contribution in [0.3, 0.4) is 0 Å². The van der Waals surface area contributed by atoms with Crippen LogP contribution in [0.15, 0.2) is 18.2 Å². The molecule has 0 atom stereocenters. The highest BCUT2D eigenvalue weighted by molar-refractivity contribution is 5.99. The van der Waals surface area contributed by atoms with Crippen molar-refractivity contribution in [3.05, 3.63) is 29.3 Å². The Labute approximate surface area is 131 Å². The van der Waals surface area contributed by atoms with Crippen LogP contribution in [0.5, 0.6) is 0 Å². The van der Waals surface area contributed by atoms with Gasteiger partial charge in [-0.25, -0.2) is 0 Å². The molecule has 0 unspecified atom stereocenters. The van der Waals surface area contributed by atoms with E-state index in [2.05, 4.69) is 0 Å². The molecule has 1 aromatic rings. The molecule has 126 valence electrons. The largest absolute Gasteiger partial charge is 0.416 e. The number of likely N-dealkylation sites (N-methyl/N-ethyl adjacent to an activating group) is 1. The highest BCUT2D eigenvalue weighted by atomic mass is 19.4. The molecule has 1 aliphatic heterocycles. The summed E-state index contributed by atoms with van der Waals surface area (Å²) in [5, 5.41) is 8.85. The van der Waals surface area contributed by atoms with Crippen LogP contribution in [-0.2, 0) is 11.0 Å². The quantitative estimate of drug-likeness (QED) is 0.917. The topological polar surface area (TPSA) is 60.9 Å². The molecule has 23 heavy (non-hydrogen) atoms. The second-order valence-corrected chi connectivity index (χ2v) is 5.37. The van der Waals surface area contributed by atoms with E-state index in [4.69, 9.17) is 5.11 Å². The number of carbonyl (C=O) groups excluding carboxylic acids is 2. The van der Waals surface area contributed by atoms with Crippen LogP contribution in [0.1, 0.15) is 28.8 Å². The van der Waals surface area contributed by atoms with Crippen molar-refractivity contribution in [2.24, 2.45) is 0 Å². The predicted octanol–water partition coefficient (Wildman–Crippen LogP) is 1.90. The third kappa shape index (κ3) is 3.82. The number of anilines is 1. The molecule has 0 aliphatic carbocycles. The van der Waals surface area contributed by atoms with E-state index in [1.807, 2.05) is 0 Å². The van der Waals surface area contributed by atoms with Crippen molar-refractivity contribution in [1.29, 1.82) is 0 Å². The van der Waals surface area contributed by atoms with Gasteiger partial charge in [0.25, 0.3) is 5.91 Å². The van der Waals surface area contributed by atoms with E-state index in [0.717, 1.165) is 17.0 Å². The SMILES string of the molecule is CN(CCO)C(=O)c1cc(N2CCCC2=O)cc(C(F)(F)F)c1. The fraction of sp³-hybridized carbons (Fsp3) is 0.467. The van der Waals surface area contributed by atoms with Gasteiger partial charge in [-0.15, -0.1) is 0 Å². The first-order valence-corrected chi connectivity index (χ1v) is 7.13. The first-order chi connectivity index (χ1) is 10.7. The van der Waals surface area contributed by atoms with Gasteiger partial charge in [0.1, 0.15) is 0 Å². The van der Waals surface area contributed by atoms with Crippen molar-refractivity contribution in [2.45, 2.75) is 19.0 Å². The summed E-state index contributed by atoms with van der Waals surface area (Å²) in [6.45, 7) is 0.0476. The number of aliphatic hydroxyl groups is 1. The first-order valence-electron chi connectivity index (χ1n) is 7.13. The number of nitrogens with zero attached hydrogens (tertiary/aromatic N) is 2. The van der Waals surface area contributed by atoms with Crippen LogP contribution < -0.4 is 4.90 Å². The van der Waals surface area contributed by atoms with Gasteiger partial charge in [-0.1, -0.05) is 0 Å². The lowest BCUT2D eigenvalue weighted by molar-refractivity contribution is -0.137. The normalized spacial score (nSPS) is 15.2. The fourth-order valence-electron chi connectivity index (χ4n) is 2.45. The lowest BCUT2D eigenvalue weighted by Crippen LogP contribution is -2.30. The molecular formula is C15H17F3N2O3. The Balaban J connectivity index is 2.45. The van der Waals surface area contributed by atoms with Crippen molar-refractivity contribution in [2.75, 3.05) is 31.6 Å². The van der Waals surface area contributed by atoms with Crippen molar-refractivity contribution in [1.82, 2.24) is 4.90 Å². The maximum atomic E-state index is 13.1. The minimum atomic E-state index is -4.62. The van der Waals surface area contributed by atoms with E-state index in [1.165, 1.54) is 18.0 Å². The fourth-order valence-corrected chi connectivity index (χ4v) is 2.45. The van der Waals surface area contributed by atoms with Crippen molar-refractivity contribution < 1.29 is 27.9 Å². The highest BCUT2D eigenvalue weighted by Gasteiger charge is 2.33. The molecule has 0 saturated carbocycles. The zero-order chi connectivity index (χ0) is 17.2. The second-order valence-electron chi connectivity index (χ2n) is 5.37. The second kappa shape index (κ2) is 6.57. The summed E-state index contributed by atoms with van der Waals surface area (Å²) in [6, 6.07) is 2.93. The van der Waals surface area contributed by atoms with Gasteiger partial charge >= 0.3 is 6.18 Å². The molecule has 1 N–H and O–H groups in total. The molecule has 0 aromatic heterocycles. The van der Waals surface area contributed by atoms with E-state index < -0.39 is 17.6 Å². The van der Waals surface area contributed by atoms with Gasteiger partial charge in [0.05, 0.1) is 12.2 Å². The van der Waals surface area contributed by atoms with Crippen molar-refractivity contribution >= 4 is 17.5 Å². The number of hydrogen-bond acceptors (Lipinski definition) is 3. The number of rotatable bonds is 4. The summed E-state index contributed by atoms with van der Waals surface area (Å²) in [5.74, 6) is -0.899. The molecule has 1 fully saturated rings. The third-order valence-electron chi connectivity index (χ3n) is 3.66. The number of halogens is 3. The molecule has 2 amide bonds. The summed E-state index contributed by atoms with van der Waals surface area (Å²) in [7, 11) is 1.39. The number of alkyl halides is 3. The Morgan fingerprint density at radius 1 is 1.35 bits per heavy atom. The van der Waals surface area contributed by atoms with E-state index in [9.17, 15) is 22.8 Å². The lowest BCUT2D eigenvalue weighted by atomic mass is 10.1. The molecular weight excluding hydrogens is 313 g/mol. The van der Waals surface area contributed by atoms with Gasteiger partial charge in [-0.3, -0.25) is 9.59 Å². The summed E-state index contributed by atoms with van der Waals surface area (Å²) >= 11 is 0. The van der Waals surface area contributed by atoms with E-state index in [-0.39, 0.29) is 36.7 Å². The van der Waals surface area contributed by atoms with Crippen LogP contribution in [0, 0.1) is 0 Å². The average molecular weight is 330 g/mol.